The minimum atomic E-state index is -0.266. The Morgan fingerprint density at radius 3 is 2.85 bits per heavy atom. The van der Waals surface area contributed by atoms with Crippen molar-refractivity contribution in [3.8, 4) is 17.2 Å². The van der Waals surface area contributed by atoms with Gasteiger partial charge < -0.3 is 15.2 Å². The third kappa shape index (κ3) is 4.35. The number of likely N-dealkylation sites (tertiary alicyclic amines) is 1. The minimum absolute atomic E-state index is 0.231. The number of hydrogen-bond acceptors (Lipinski definition) is 4. The Morgan fingerprint density at radius 1 is 1.23 bits per heavy atom. The topological polar surface area (TPSA) is 64.8 Å². The van der Waals surface area contributed by atoms with Crippen molar-refractivity contribution in [1.29, 1.82) is 0 Å². The van der Waals surface area contributed by atoms with Gasteiger partial charge >= 0.3 is 0 Å². The monoisotopic (exact) mass is 353 g/mol. The van der Waals surface area contributed by atoms with Crippen molar-refractivity contribution in [3.63, 3.8) is 0 Å². The van der Waals surface area contributed by atoms with Gasteiger partial charge in [-0.15, -0.1) is 0 Å². The molecule has 1 amide bonds. The maximum absolute atomic E-state index is 11.7. The molecule has 1 atom stereocenters. The fourth-order valence-corrected chi connectivity index (χ4v) is 3.26. The lowest BCUT2D eigenvalue weighted by Gasteiger charge is -2.33. The lowest BCUT2D eigenvalue weighted by Crippen LogP contribution is -2.47. The van der Waals surface area contributed by atoms with Crippen LogP contribution >= 0.6 is 0 Å². The standard InChI is InChI=1S/C21H25N2O3/c1-15-9-10-19(25-2)20(12-15)26-17-7-5-6-16(13-17)14-23-11-4-3-8-18(23)21(22)24/h3,5-7,9-10,12-13,18H,4,8,11,14H2,1-2H3,(H2,22,24). The second-order valence-electron chi connectivity index (χ2n) is 6.61. The van der Waals surface area contributed by atoms with E-state index in [1.165, 1.54) is 0 Å². The van der Waals surface area contributed by atoms with Gasteiger partial charge in [0.1, 0.15) is 5.75 Å². The normalized spacial score (nSPS) is 17.7. The number of carbonyl (C=O) groups excluding carboxylic acids is 1. The minimum Gasteiger partial charge on any atom is -0.493 e. The molecule has 2 aromatic rings. The molecule has 0 aliphatic carbocycles. The summed E-state index contributed by atoms with van der Waals surface area (Å²) in [5.41, 5.74) is 7.74. The van der Waals surface area contributed by atoms with Crippen LogP contribution in [0, 0.1) is 13.3 Å². The molecule has 1 saturated heterocycles. The first-order valence-electron chi connectivity index (χ1n) is 8.83. The predicted molar refractivity (Wildman–Crippen MR) is 101 cm³/mol. The van der Waals surface area contributed by atoms with Gasteiger partial charge in [0.25, 0.3) is 0 Å². The van der Waals surface area contributed by atoms with E-state index in [4.69, 9.17) is 15.2 Å². The molecule has 2 N–H and O–H groups in total. The summed E-state index contributed by atoms with van der Waals surface area (Å²) in [7, 11) is 1.63. The van der Waals surface area contributed by atoms with E-state index in [2.05, 4.69) is 11.3 Å². The molecule has 0 aromatic heterocycles. The van der Waals surface area contributed by atoms with Gasteiger partial charge in [-0.3, -0.25) is 9.69 Å². The Morgan fingerprint density at radius 2 is 2.08 bits per heavy atom. The number of nitrogens with zero attached hydrogens (tertiary/aromatic N) is 1. The smallest absolute Gasteiger partial charge is 0.234 e. The van der Waals surface area contributed by atoms with Crippen molar-refractivity contribution >= 4 is 5.91 Å². The predicted octanol–water partition coefficient (Wildman–Crippen LogP) is 3.45. The highest BCUT2D eigenvalue weighted by Crippen LogP contribution is 2.32. The highest BCUT2D eigenvalue weighted by atomic mass is 16.5. The number of aryl methyl sites for hydroxylation is 1. The molecule has 26 heavy (non-hydrogen) atoms. The summed E-state index contributed by atoms with van der Waals surface area (Å²) in [6, 6.07) is 13.5. The molecule has 0 bridgehead atoms. The lowest BCUT2D eigenvalue weighted by molar-refractivity contribution is -0.124. The Labute approximate surface area is 154 Å². The molecule has 5 heteroatoms. The number of amides is 1. The first-order valence-corrected chi connectivity index (χ1v) is 8.83. The number of methoxy groups -OCH3 is 1. The van der Waals surface area contributed by atoms with Crippen LogP contribution in [0.5, 0.6) is 17.2 Å². The van der Waals surface area contributed by atoms with Gasteiger partial charge in [-0.1, -0.05) is 18.2 Å². The number of benzene rings is 2. The van der Waals surface area contributed by atoms with E-state index in [0.717, 1.165) is 29.8 Å². The SMILES string of the molecule is COc1ccc(C)cc1Oc1cccc(CN2CC[CH]CC2C(N)=O)c1. The molecule has 1 aliphatic heterocycles. The van der Waals surface area contributed by atoms with Gasteiger partial charge in [-0.2, -0.15) is 0 Å². The van der Waals surface area contributed by atoms with E-state index in [9.17, 15) is 4.79 Å². The highest BCUT2D eigenvalue weighted by molar-refractivity contribution is 5.80. The zero-order valence-corrected chi connectivity index (χ0v) is 15.3. The highest BCUT2D eigenvalue weighted by Gasteiger charge is 2.26. The molecule has 1 fully saturated rings. The summed E-state index contributed by atoms with van der Waals surface area (Å²) in [4.78, 5) is 13.8. The number of nitrogens with two attached hydrogens (primary N) is 1. The summed E-state index contributed by atoms with van der Waals surface area (Å²) in [6.07, 6.45) is 3.82. The van der Waals surface area contributed by atoms with Crippen molar-refractivity contribution in [2.75, 3.05) is 13.7 Å². The number of primary amides is 1. The molecule has 0 saturated carbocycles. The molecule has 5 nitrogen and oxygen atoms in total. The van der Waals surface area contributed by atoms with Crippen LogP contribution < -0.4 is 15.2 Å². The number of hydrogen-bond donors (Lipinski definition) is 1. The van der Waals surface area contributed by atoms with Gasteiger partial charge in [-0.05, 0) is 68.1 Å². The van der Waals surface area contributed by atoms with Crippen molar-refractivity contribution in [1.82, 2.24) is 4.90 Å². The first-order chi connectivity index (χ1) is 12.6. The van der Waals surface area contributed by atoms with Crippen LogP contribution in [0.15, 0.2) is 42.5 Å². The molecule has 3 rings (SSSR count). The quantitative estimate of drug-likeness (QED) is 0.864. The molecular weight excluding hydrogens is 328 g/mol. The Kier molecular flexibility index (Phi) is 5.78. The van der Waals surface area contributed by atoms with Gasteiger partial charge in [0.15, 0.2) is 11.5 Å². The average Bonchev–Trinajstić information content (AvgIpc) is 2.62. The molecule has 2 aromatic carbocycles. The number of ether oxygens (including phenoxy) is 2. The maximum atomic E-state index is 11.7. The van der Waals surface area contributed by atoms with Crippen LogP contribution in [0.25, 0.3) is 0 Å². The second kappa shape index (κ2) is 8.23. The third-order valence-corrected chi connectivity index (χ3v) is 4.61. The average molecular weight is 353 g/mol. The Hall–Kier alpha value is -2.53. The van der Waals surface area contributed by atoms with Crippen LogP contribution in [0.4, 0.5) is 0 Å². The van der Waals surface area contributed by atoms with Crippen LogP contribution in [-0.4, -0.2) is 30.5 Å². The molecule has 137 valence electrons. The summed E-state index contributed by atoms with van der Waals surface area (Å²) in [5.74, 6) is 1.86. The van der Waals surface area contributed by atoms with E-state index in [1.54, 1.807) is 7.11 Å². The van der Waals surface area contributed by atoms with Crippen molar-refractivity contribution < 1.29 is 14.3 Å². The molecular formula is C21H25N2O3. The Balaban J connectivity index is 1.76. The van der Waals surface area contributed by atoms with Crippen LogP contribution in [0.1, 0.15) is 24.0 Å². The fourth-order valence-electron chi connectivity index (χ4n) is 3.26. The van der Waals surface area contributed by atoms with Crippen molar-refractivity contribution in [2.24, 2.45) is 5.73 Å². The molecule has 1 radical (unpaired) electrons. The van der Waals surface area contributed by atoms with Crippen LogP contribution in [0.2, 0.25) is 0 Å². The molecule has 1 aliphatic rings. The summed E-state index contributed by atoms with van der Waals surface area (Å²) >= 11 is 0. The van der Waals surface area contributed by atoms with Gasteiger partial charge in [0, 0.05) is 6.54 Å². The van der Waals surface area contributed by atoms with Gasteiger partial charge in [-0.25, -0.2) is 0 Å². The van der Waals surface area contributed by atoms with Crippen LogP contribution in [0.3, 0.4) is 0 Å². The second-order valence-corrected chi connectivity index (χ2v) is 6.61. The van der Waals surface area contributed by atoms with E-state index in [0.29, 0.717) is 24.5 Å². The van der Waals surface area contributed by atoms with E-state index in [1.807, 2.05) is 49.4 Å². The first kappa shape index (κ1) is 18.3. The number of rotatable bonds is 6. The fraction of sp³-hybridized carbons (Fsp3) is 0.333. The van der Waals surface area contributed by atoms with Gasteiger partial charge in [0.05, 0.1) is 13.2 Å². The van der Waals surface area contributed by atoms with E-state index >= 15 is 0 Å². The lowest BCUT2D eigenvalue weighted by atomic mass is 10.0. The summed E-state index contributed by atoms with van der Waals surface area (Å²) in [6.45, 7) is 3.52. The largest absolute Gasteiger partial charge is 0.493 e. The maximum Gasteiger partial charge on any atom is 0.234 e. The van der Waals surface area contributed by atoms with E-state index < -0.39 is 0 Å². The van der Waals surface area contributed by atoms with Crippen LogP contribution in [-0.2, 0) is 11.3 Å². The molecule has 0 spiro atoms. The zero-order chi connectivity index (χ0) is 18.5. The number of carbonyl (C=O) groups is 1. The van der Waals surface area contributed by atoms with Crippen molar-refractivity contribution in [2.45, 2.75) is 32.4 Å². The third-order valence-electron chi connectivity index (χ3n) is 4.61. The summed E-state index contributed by atoms with van der Waals surface area (Å²) in [5, 5.41) is 0. The molecule has 1 unspecified atom stereocenters. The van der Waals surface area contributed by atoms with E-state index in [-0.39, 0.29) is 11.9 Å². The number of piperidine rings is 1. The van der Waals surface area contributed by atoms with Gasteiger partial charge in [0.2, 0.25) is 5.91 Å². The molecule has 1 heterocycles. The summed E-state index contributed by atoms with van der Waals surface area (Å²) < 4.78 is 11.4. The zero-order valence-electron chi connectivity index (χ0n) is 15.3. The van der Waals surface area contributed by atoms with Crippen molar-refractivity contribution in [3.05, 3.63) is 60.0 Å². The Bertz CT molecular complexity index is 776.